The molecule has 0 saturated carbocycles. The molecule has 114 valence electrons. The smallest absolute Gasteiger partial charge is 0.387 e. The Morgan fingerprint density at radius 2 is 1.76 bits per heavy atom. The van der Waals surface area contributed by atoms with Gasteiger partial charge in [0.2, 0.25) is 0 Å². The minimum atomic E-state index is -2.83. The minimum Gasteiger partial charge on any atom is -0.465 e. The van der Waals surface area contributed by atoms with Crippen LogP contribution in [0, 0.1) is 6.92 Å². The Kier molecular flexibility index (Phi) is 4.96. The first-order valence-corrected chi connectivity index (χ1v) is 6.83. The number of para-hydroxylation sites is 1. The fraction of sp³-hybridized carbons (Fsp3) is 0.375. The first-order valence-electron chi connectivity index (χ1n) is 6.83. The van der Waals surface area contributed by atoms with Gasteiger partial charge in [0.25, 0.3) is 0 Å². The van der Waals surface area contributed by atoms with E-state index in [1.807, 2.05) is 32.9 Å². The molecular weight excluding hydrogens is 276 g/mol. The Morgan fingerprint density at radius 1 is 1.05 bits per heavy atom. The molecule has 1 N–H and O–H groups in total. The number of nitrogens with one attached hydrogen (secondary N) is 1. The van der Waals surface area contributed by atoms with Gasteiger partial charge in [-0.05, 0) is 39.0 Å². The standard InChI is InChI=1S/C16H19F2NO2/c1-10-8-9-14(20-10)12(3)19-11(2)13-6-4-5-7-15(13)21-16(17)18/h4-9,11-12,16,19H,1-3H3. The summed E-state index contributed by atoms with van der Waals surface area (Å²) in [6, 6.07) is 10.4. The van der Waals surface area contributed by atoms with Crippen molar-refractivity contribution in [1.82, 2.24) is 5.32 Å². The van der Waals surface area contributed by atoms with Gasteiger partial charge < -0.3 is 14.5 Å². The summed E-state index contributed by atoms with van der Waals surface area (Å²) in [7, 11) is 0. The predicted octanol–water partition coefficient (Wildman–Crippen LogP) is 4.60. The number of furan rings is 1. The van der Waals surface area contributed by atoms with Crippen LogP contribution in [0.2, 0.25) is 0 Å². The van der Waals surface area contributed by atoms with Crippen LogP contribution in [0.25, 0.3) is 0 Å². The topological polar surface area (TPSA) is 34.4 Å². The highest BCUT2D eigenvalue weighted by atomic mass is 19.3. The number of halogens is 2. The van der Waals surface area contributed by atoms with Crippen LogP contribution in [-0.4, -0.2) is 6.61 Å². The molecule has 0 aliphatic rings. The molecule has 5 heteroatoms. The molecule has 0 bridgehead atoms. The van der Waals surface area contributed by atoms with Gasteiger partial charge in [0.1, 0.15) is 17.3 Å². The van der Waals surface area contributed by atoms with Crippen molar-refractivity contribution in [3.8, 4) is 5.75 Å². The number of hydrogen-bond acceptors (Lipinski definition) is 3. The highest BCUT2D eigenvalue weighted by molar-refractivity contribution is 5.35. The second-order valence-electron chi connectivity index (χ2n) is 4.97. The Morgan fingerprint density at radius 3 is 2.38 bits per heavy atom. The van der Waals surface area contributed by atoms with Crippen molar-refractivity contribution in [2.24, 2.45) is 0 Å². The first-order chi connectivity index (χ1) is 9.97. The maximum absolute atomic E-state index is 12.4. The monoisotopic (exact) mass is 295 g/mol. The van der Waals surface area contributed by atoms with Crippen molar-refractivity contribution in [3.63, 3.8) is 0 Å². The molecule has 0 amide bonds. The van der Waals surface area contributed by atoms with Gasteiger partial charge in [-0.15, -0.1) is 0 Å². The predicted molar refractivity (Wildman–Crippen MR) is 76.5 cm³/mol. The average molecular weight is 295 g/mol. The molecule has 0 fully saturated rings. The van der Waals surface area contributed by atoms with Gasteiger partial charge in [-0.1, -0.05) is 18.2 Å². The number of benzene rings is 1. The van der Waals surface area contributed by atoms with E-state index in [0.29, 0.717) is 5.56 Å². The third-order valence-electron chi connectivity index (χ3n) is 3.29. The van der Waals surface area contributed by atoms with Crippen LogP contribution < -0.4 is 10.1 Å². The summed E-state index contributed by atoms with van der Waals surface area (Å²) in [5.74, 6) is 1.84. The van der Waals surface area contributed by atoms with Crippen molar-refractivity contribution < 1.29 is 17.9 Å². The Bertz CT molecular complexity index is 583. The molecule has 2 aromatic rings. The van der Waals surface area contributed by atoms with E-state index in [2.05, 4.69) is 10.1 Å². The van der Waals surface area contributed by atoms with Crippen LogP contribution in [0.4, 0.5) is 8.78 Å². The number of aryl methyl sites for hydroxylation is 1. The molecule has 3 nitrogen and oxygen atoms in total. The molecule has 2 unspecified atom stereocenters. The number of alkyl halides is 2. The molecule has 0 radical (unpaired) electrons. The zero-order chi connectivity index (χ0) is 15.4. The van der Waals surface area contributed by atoms with Gasteiger partial charge in [0.15, 0.2) is 0 Å². The van der Waals surface area contributed by atoms with E-state index in [1.165, 1.54) is 0 Å². The molecule has 1 heterocycles. The quantitative estimate of drug-likeness (QED) is 0.845. The Hall–Kier alpha value is -1.88. The van der Waals surface area contributed by atoms with Gasteiger partial charge in [0.05, 0.1) is 6.04 Å². The highest BCUT2D eigenvalue weighted by Gasteiger charge is 2.18. The minimum absolute atomic E-state index is 0.0340. The van der Waals surface area contributed by atoms with Crippen LogP contribution in [0.1, 0.15) is 43.0 Å². The van der Waals surface area contributed by atoms with Crippen LogP contribution in [0.5, 0.6) is 5.75 Å². The highest BCUT2D eigenvalue weighted by Crippen LogP contribution is 2.28. The zero-order valence-corrected chi connectivity index (χ0v) is 12.3. The second-order valence-corrected chi connectivity index (χ2v) is 4.97. The zero-order valence-electron chi connectivity index (χ0n) is 12.3. The maximum atomic E-state index is 12.4. The molecule has 2 atom stereocenters. The first kappa shape index (κ1) is 15.5. The van der Waals surface area contributed by atoms with E-state index in [9.17, 15) is 8.78 Å². The van der Waals surface area contributed by atoms with Crippen molar-refractivity contribution in [2.75, 3.05) is 0 Å². The number of ether oxygens (including phenoxy) is 1. The van der Waals surface area contributed by atoms with Gasteiger partial charge >= 0.3 is 6.61 Å². The SMILES string of the molecule is Cc1ccc(C(C)NC(C)c2ccccc2OC(F)F)o1. The second kappa shape index (κ2) is 6.72. The fourth-order valence-corrected chi connectivity index (χ4v) is 2.27. The van der Waals surface area contributed by atoms with Crippen molar-refractivity contribution in [1.29, 1.82) is 0 Å². The summed E-state index contributed by atoms with van der Waals surface area (Å²) in [4.78, 5) is 0. The van der Waals surface area contributed by atoms with Crippen molar-refractivity contribution in [2.45, 2.75) is 39.5 Å². The van der Waals surface area contributed by atoms with E-state index in [1.54, 1.807) is 24.3 Å². The molecule has 21 heavy (non-hydrogen) atoms. The molecule has 0 aliphatic carbocycles. The fourth-order valence-electron chi connectivity index (χ4n) is 2.27. The average Bonchev–Trinajstić information content (AvgIpc) is 2.85. The van der Waals surface area contributed by atoms with E-state index in [0.717, 1.165) is 11.5 Å². The lowest BCUT2D eigenvalue weighted by Crippen LogP contribution is -2.23. The summed E-state index contributed by atoms with van der Waals surface area (Å²) < 4.78 is 35.0. The Labute approximate surface area is 122 Å². The molecule has 0 saturated heterocycles. The normalized spacial score (nSPS) is 14.2. The van der Waals surface area contributed by atoms with E-state index >= 15 is 0 Å². The largest absolute Gasteiger partial charge is 0.465 e. The maximum Gasteiger partial charge on any atom is 0.387 e. The van der Waals surface area contributed by atoms with E-state index in [-0.39, 0.29) is 17.8 Å². The van der Waals surface area contributed by atoms with Gasteiger partial charge in [0, 0.05) is 11.6 Å². The molecule has 1 aromatic carbocycles. The molecule has 2 rings (SSSR count). The number of hydrogen-bond donors (Lipinski definition) is 1. The summed E-state index contributed by atoms with van der Waals surface area (Å²) >= 11 is 0. The van der Waals surface area contributed by atoms with Gasteiger partial charge in [-0.25, -0.2) is 0 Å². The Balaban J connectivity index is 2.11. The summed E-state index contributed by atoms with van der Waals surface area (Å²) in [5.41, 5.74) is 0.688. The van der Waals surface area contributed by atoms with Crippen LogP contribution >= 0.6 is 0 Å². The third kappa shape index (κ3) is 4.04. The van der Waals surface area contributed by atoms with Crippen molar-refractivity contribution in [3.05, 3.63) is 53.5 Å². The summed E-state index contributed by atoms with van der Waals surface area (Å²) in [6.45, 7) is 2.92. The molecule has 1 aromatic heterocycles. The molecular formula is C16H19F2NO2. The van der Waals surface area contributed by atoms with Crippen LogP contribution in [0.3, 0.4) is 0 Å². The number of rotatable bonds is 6. The van der Waals surface area contributed by atoms with E-state index in [4.69, 9.17) is 4.42 Å². The molecule has 0 aliphatic heterocycles. The molecule has 0 spiro atoms. The van der Waals surface area contributed by atoms with Crippen molar-refractivity contribution >= 4 is 0 Å². The lowest BCUT2D eigenvalue weighted by molar-refractivity contribution is -0.0507. The lowest BCUT2D eigenvalue weighted by Gasteiger charge is -2.21. The third-order valence-corrected chi connectivity index (χ3v) is 3.29. The van der Waals surface area contributed by atoms with E-state index < -0.39 is 6.61 Å². The summed E-state index contributed by atoms with van der Waals surface area (Å²) in [6.07, 6.45) is 0. The van der Waals surface area contributed by atoms with Crippen LogP contribution in [-0.2, 0) is 0 Å². The lowest BCUT2D eigenvalue weighted by atomic mass is 10.1. The summed E-state index contributed by atoms with van der Waals surface area (Å²) in [5, 5.41) is 3.32. The van der Waals surface area contributed by atoms with Gasteiger partial charge in [-0.3, -0.25) is 0 Å². The van der Waals surface area contributed by atoms with Crippen LogP contribution in [0.15, 0.2) is 40.8 Å². The van der Waals surface area contributed by atoms with Gasteiger partial charge in [-0.2, -0.15) is 8.78 Å².